The number of anilines is 2. The van der Waals surface area contributed by atoms with Crippen molar-refractivity contribution < 1.29 is 14.3 Å². The number of aromatic nitrogens is 2. The van der Waals surface area contributed by atoms with Crippen LogP contribution >= 0.6 is 22.7 Å². The zero-order valence-electron chi connectivity index (χ0n) is 14.4. The lowest BCUT2D eigenvalue weighted by molar-refractivity contribution is -0.116. The first-order valence-corrected chi connectivity index (χ1v) is 9.68. The van der Waals surface area contributed by atoms with Gasteiger partial charge in [0.2, 0.25) is 5.91 Å². The number of hydrogen-bond acceptors (Lipinski definition) is 7. The number of carbonyl (C=O) groups is 2. The Morgan fingerprint density at radius 3 is 2.80 bits per heavy atom. The van der Waals surface area contributed by atoms with Crippen molar-refractivity contribution in [3.8, 4) is 0 Å². The first-order valence-electron chi connectivity index (χ1n) is 8.05. The average molecular weight is 380 g/mol. The Hall–Kier alpha value is -1.84. The van der Waals surface area contributed by atoms with Gasteiger partial charge in [0.15, 0.2) is 10.3 Å². The van der Waals surface area contributed by atoms with E-state index in [0.29, 0.717) is 27.4 Å². The minimum absolute atomic E-state index is 0.0312. The van der Waals surface area contributed by atoms with Crippen molar-refractivity contribution in [1.82, 2.24) is 9.97 Å². The normalized spacial score (nSPS) is 16.8. The standard InChI is InChI=1S/C16H20N4O3S2/c1-9-7-17-15(24-9)19-14(22)13-10(2)18-16(25-13)20(11(3)21)8-12-5-4-6-23-12/h7,12H,4-6,8H2,1-3H3,(H,17,19,22)/t12-/m0/s1. The minimum atomic E-state index is -0.254. The van der Waals surface area contributed by atoms with Crippen LogP contribution in [-0.4, -0.2) is 41.0 Å². The van der Waals surface area contributed by atoms with Gasteiger partial charge in [-0.1, -0.05) is 11.3 Å². The van der Waals surface area contributed by atoms with Crippen LogP contribution in [0, 0.1) is 13.8 Å². The van der Waals surface area contributed by atoms with Crippen LogP contribution in [0.2, 0.25) is 0 Å². The van der Waals surface area contributed by atoms with Gasteiger partial charge in [-0.3, -0.25) is 19.8 Å². The van der Waals surface area contributed by atoms with E-state index in [-0.39, 0.29) is 17.9 Å². The Kier molecular flexibility index (Phi) is 5.45. The minimum Gasteiger partial charge on any atom is -0.376 e. The Balaban J connectivity index is 1.77. The number of thiazole rings is 2. The van der Waals surface area contributed by atoms with Gasteiger partial charge >= 0.3 is 0 Å². The smallest absolute Gasteiger partial charge is 0.269 e. The molecule has 0 aromatic carbocycles. The van der Waals surface area contributed by atoms with Crippen LogP contribution in [0.25, 0.3) is 0 Å². The lowest BCUT2D eigenvalue weighted by Crippen LogP contribution is -2.35. The molecule has 1 fully saturated rings. The number of amides is 2. The highest BCUT2D eigenvalue weighted by Crippen LogP contribution is 2.29. The van der Waals surface area contributed by atoms with Crippen molar-refractivity contribution in [2.75, 3.05) is 23.4 Å². The van der Waals surface area contributed by atoms with Gasteiger partial charge in [0, 0.05) is 24.6 Å². The molecule has 1 saturated heterocycles. The van der Waals surface area contributed by atoms with Crippen LogP contribution in [0.1, 0.15) is 40.0 Å². The van der Waals surface area contributed by atoms with E-state index in [1.54, 1.807) is 18.0 Å². The molecule has 3 heterocycles. The number of aryl methyl sites for hydroxylation is 2. The summed E-state index contributed by atoms with van der Waals surface area (Å²) in [5, 5.41) is 3.87. The molecule has 1 N–H and O–H groups in total. The summed E-state index contributed by atoms with van der Waals surface area (Å²) >= 11 is 2.63. The average Bonchev–Trinajstić information content (AvgIpc) is 3.26. The van der Waals surface area contributed by atoms with Crippen LogP contribution in [0.3, 0.4) is 0 Å². The number of rotatable bonds is 5. The fourth-order valence-corrected chi connectivity index (χ4v) is 4.28. The van der Waals surface area contributed by atoms with E-state index >= 15 is 0 Å². The number of hydrogen-bond donors (Lipinski definition) is 1. The monoisotopic (exact) mass is 380 g/mol. The molecule has 3 rings (SSSR count). The van der Waals surface area contributed by atoms with E-state index in [2.05, 4.69) is 15.3 Å². The molecular weight excluding hydrogens is 360 g/mol. The Bertz CT molecular complexity index is 780. The molecule has 2 aromatic rings. The van der Waals surface area contributed by atoms with Crippen LogP contribution in [-0.2, 0) is 9.53 Å². The van der Waals surface area contributed by atoms with Crippen molar-refractivity contribution in [2.24, 2.45) is 0 Å². The topological polar surface area (TPSA) is 84.4 Å². The first-order chi connectivity index (χ1) is 11.9. The van der Waals surface area contributed by atoms with Gasteiger partial charge in [0.25, 0.3) is 5.91 Å². The van der Waals surface area contributed by atoms with Gasteiger partial charge in [0.1, 0.15) is 4.88 Å². The van der Waals surface area contributed by atoms with Gasteiger partial charge in [0.05, 0.1) is 18.3 Å². The molecule has 7 nitrogen and oxygen atoms in total. The van der Waals surface area contributed by atoms with E-state index in [1.165, 1.54) is 29.6 Å². The molecule has 0 aliphatic carbocycles. The number of nitrogens with zero attached hydrogens (tertiary/aromatic N) is 3. The summed E-state index contributed by atoms with van der Waals surface area (Å²) in [6.45, 7) is 6.40. The molecule has 0 spiro atoms. The summed E-state index contributed by atoms with van der Waals surface area (Å²) < 4.78 is 5.62. The third-order valence-corrected chi connectivity index (χ3v) is 5.86. The van der Waals surface area contributed by atoms with E-state index in [9.17, 15) is 9.59 Å². The van der Waals surface area contributed by atoms with Gasteiger partial charge in [-0.05, 0) is 26.7 Å². The molecule has 134 valence electrons. The molecule has 0 radical (unpaired) electrons. The predicted octanol–water partition coefficient (Wildman–Crippen LogP) is 3.00. The van der Waals surface area contributed by atoms with Gasteiger partial charge < -0.3 is 4.74 Å². The van der Waals surface area contributed by atoms with Crippen LogP contribution < -0.4 is 10.2 Å². The Morgan fingerprint density at radius 1 is 1.40 bits per heavy atom. The largest absolute Gasteiger partial charge is 0.376 e. The predicted molar refractivity (Wildman–Crippen MR) is 98.7 cm³/mol. The fraction of sp³-hybridized carbons (Fsp3) is 0.500. The summed E-state index contributed by atoms with van der Waals surface area (Å²) in [7, 11) is 0. The third-order valence-electron chi connectivity index (χ3n) is 3.85. The Labute approximate surface area is 154 Å². The molecule has 1 aliphatic heterocycles. The van der Waals surface area contributed by atoms with Crippen molar-refractivity contribution >= 4 is 44.8 Å². The molecule has 25 heavy (non-hydrogen) atoms. The van der Waals surface area contributed by atoms with E-state index in [1.807, 2.05) is 6.92 Å². The number of nitrogens with one attached hydrogen (secondary N) is 1. The molecule has 1 aliphatic rings. The molecule has 0 bridgehead atoms. The van der Waals surface area contributed by atoms with Crippen molar-refractivity contribution in [1.29, 1.82) is 0 Å². The van der Waals surface area contributed by atoms with Crippen molar-refractivity contribution in [3.05, 3.63) is 21.6 Å². The molecule has 1 atom stereocenters. The maximum atomic E-state index is 12.5. The van der Waals surface area contributed by atoms with Crippen molar-refractivity contribution in [3.63, 3.8) is 0 Å². The lowest BCUT2D eigenvalue weighted by atomic mass is 10.2. The maximum absolute atomic E-state index is 12.5. The zero-order valence-corrected chi connectivity index (χ0v) is 16.0. The van der Waals surface area contributed by atoms with Gasteiger partial charge in [-0.25, -0.2) is 9.97 Å². The molecule has 0 unspecified atom stereocenters. The summed E-state index contributed by atoms with van der Waals surface area (Å²) in [6, 6.07) is 0. The molecule has 2 amide bonds. The van der Waals surface area contributed by atoms with Gasteiger partial charge in [-0.15, -0.1) is 11.3 Å². The number of ether oxygens (including phenoxy) is 1. The molecule has 0 saturated carbocycles. The van der Waals surface area contributed by atoms with E-state index < -0.39 is 0 Å². The second kappa shape index (κ2) is 7.59. The van der Waals surface area contributed by atoms with Crippen LogP contribution in [0.4, 0.5) is 10.3 Å². The van der Waals surface area contributed by atoms with Gasteiger partial charge in [-0.2, -0.15) is 0 Å². The SMILES string of the molecule is CC(=O)N(C[C@@H]1CCCO1)c1nc(C)c(C(=O)Nc2ncc(C)s2)s1. The van der Waals surface area contributed by atoms with E-state index in [4.69, 9.17) is 4.74 Å². The highest BCUT2D eigenvalue weighted by molar-refractivity contribution is 7.18. The van der Waals surface area contributed by atoms with Crippen LogP contribution in [0.5, 0.6) is 0 Å². The lowest BCUT2D eigenvalue weighted by Gasteiger charge is -2.21. The Morgan fingerprint density at radius 2 is 2.20 bits per heavy atom. The van der Waals surface area contributed by atoms with E-state index in [0.717, 1.165) is 24.3 Å². The van der Waals surface area contributed by atoms with Crippen LogP contribution in [0.15, 0.2) is 6.20 Å². The molecular formula is C16H20N4O3S2. The maximum Gasteiger partial charge on any atom is 0.269 e. The summed E-state index contributed by atoms with van der Waals surface area (Å²) in [5.41, 5.74) is 0.601. The highest BCUT2D eigenvalue weighted by atomic mass is 32.1. The summed E-state index contributed by atoms with van der Waals surface area (Å²) in [4.78, 5) is 36.2. The van der Waals surface area contributed by atoms with Crippen molar-refractivity contribution in [2.45, 2.75) is 39.7 Å². The third kappa shape index (κ3) is 4.23. The molecule has 2 aromatic heterocycles. The molecule has 9 heteroatoms. The second-order valence-corrected chi connectivity index (χ2v) is 8.12. The first kappa shape index (κ1) is 18.0. The highest BCUT2D eigenvalue weighted by Gasteiger charge is 2.26. The quantitative estimate of drug-likeness (QED) is 0.862. The zero-order chi connectivity index (χ0) is 18.0. The fourth-order valence-electron chi connectivity index (χ4n) is 2.61. The summed E-state index contributed by atoms with van der Waals surface area (Å²) in [5.74, 6) is -0.358. The second-order valence-electron chi connectivity index (χ2n) is 5.91. The number of carbonyl (C=O) groups excluding carboxylic acids is 2. The summed E-state index contributed by atoms with van der Waals surface area (Å²) in [6.07, 6.45) is 3.69.